The maximum absolute atomic E-state index is 12.9. The predicted molar refractivity (Wildman–Crippen MR) is 110 cm³/mol. The van der Waals surface area contributed by atoms with Gasteiger partial charge in [0.2, 0.25) is 0 Å². The average molecular weight is 529 g/mol. The lowest BCUT2D eigenvalue weighted by Crippen LogP contribution is -2.22. The molecule has 0 unspecified atom stereocenters. The van der Waals surface area contributed by atoms with Crippen molar-refractivity contribution in [1.29, 1.82) is 0 Å². The average Bonchev–Trinajstić information content (AvgIpc) is 3.07. The maximum Gasteiger partial charge on any atom is 0.573 e. The summed E-state index contributed by atoms with van der Waals surface area (Å²) >= 11 is 0. The third-order valence-corrected chi connectivity index (χ3v) is 4.78. The molecule has 2 heterocycles. The first kappa shape index (κ1) is 28.9. The van der Waals surface area contributed by atoms with Crippen molar-refractivity contribution in [3.05, 3.63) is 47.9 Å². The zero-order chi connectivity index (χ0) is 27.5. The Bertz CT molecular complexity index is 1180. The van der Waals surface area contributed by atoms with E-state index in [0.29, 0.717) is 11.5 Å². The molecule has 0 saturated heterocycles. The molecule has 0 N–H and O–H groups in total. The summed E-state index contributed by atoms with van der Waals surface area (Å²) < 4.78 is 116. The number of fused-ring (bicyclic) bond motifs is 1. The van der Waals surface area contributed by atoms with Crippen LogP contribution in [-0.4, -0.2) is 32.9 Å². The van der Waals surface area contributed by atoms with E-state index in [1.54, 1.807) is 13.8 Å². The number of hydrogen-bond acceptors (Lipinski definition) is 4. The van der Waals surface area contributed by atoms with Crippen LogP contribution < -0.4 is 4.74 Å². The highest BCUT2D eigenvalue weighted by Crippen LogP contribution is 2.31. The van der Waals surface area contributed by atoms with Crippen LogP contribution in [0.5, 0.6) is 5.75 Å². The van der Waals surface area contributed by atoms with Gasteiger partial charge in [-0.3, -0.25) is 9.36 Å². The Hall–Kier alpha value is -3.32. The number of hydrogen-bond donors (Lipinski definition) is 0. The number of alkyl halides is 9. The van der Waals surface area contributed by atoms with E-state index in [2.05, 4.69) is 14.7 Å². The minimum absolute atomic E-state index is 0.0446. The molecule has 0 radical (unpaired) electrons. The number of aryl methyl sites for hydroxylation is 1. The summed E-state index contributed by atoms with van der Waals surface area (Å²) in [6.07, 6.45) is -13.9. The molecule has 3 rings (SSSR count). The number of pyridine rings is 1. The fraction of sp³-hybridized carbons (Fsp3) is 0.409. The highest BCUT2D eigenvalue weighted by molar-refractivity contribution is 5.78. The van der Waals surface area contributed by atoms with Gasteiger partial charge < -0.3 is 4.74 Å². The number of Topliss-reactive ketones (excluding diaryl/α,β-unsaturated/α-hetero) is 1. The number of aromatic nitrogens is 3. The second kappa shape index (κ2) is 10.7. The van der Waals surface area contributed by atoms with Gasteiger partial charge in [-0.2, -0.15) is 26.3 Å². The molecule has 0 saturated carbocycles. The molecule has 14 heteroatoms. The molecule has 0 spiro atoms. The van der Waals surface area contributed by atoms with Gasteiger partial charge in [0.15, 0.2) is 5.65 Å². The largest absolute Gasteiger partial charge is 0.573 e. The minimum Gasteiger partial charge on any atom is -0.406 e. The Kier molecular flexibility index (Phi) is 8.63. The van der Waals surface area contributed by atoms with E-state index in [9.17, 15) is 44.3 Å². The van der Waals surface area contributed by atoms with E-state index in [4.69, 9.17) is 0 Å². The molecule has 0 aliphatic rings. The number of halogens is 9. The molecule has 0 bridgehead atoms. The maximum atomic E-state index is 12.9. The van der Waals surface area contributed by atoms with Gasteiger partial charge >= 0.3 is 18.7 Å². The van der Waals surface area contributed by atoms with E-state index in [0.717, 1.165) is 25.1 Å². The number of carbonyl (C=O) groups is 1. The van der Waals surface area contributed by atoms with Gasteiger partial charge in [-0.25, -0.2) is 9.97 Å². The van der Waals surface area contributed by atoms with Crippen LogP contribution in [0.3, 0.4) is 0 Å². The van der Waals surface area contributed by atoms with Crippen molar-refractivity contribution < 1.29 is 49.0 Å². The summed E-state index contributed by atoms with van der Waals surface area (Å²) in [5, 5.41) is 0. The Morgan fingerprint density at radius 2 is 1.53 bits per heavy atom. The van der Waals surface area contributed by atoms with E-state index in [1.165, 1.54) is 22.8 Å². The standard InChI is InChI=1S/C15H9F6N3O.C7H11F3O/c1-8-22-11-6-7-12(14(16,17)18)23-13(11)24(8)9-2-4-10(5-3-9)25-15(19,20)21;1-3-6(11)4-5(2)7(8,9)10/h2-7H,1H3;5H,3-4H2,1-2H3/t;5-/m.1/s1. The van der Waals surface area contributed by atoms with Crippen LogP contribution in [0.2, 0.25) is 0 Å². The molecule has 0 amide bonds. The van der Waals surface area contributed by atoms with Gasteiger partial charge in [-0.15, -0.1) is 13.2 Å². The molecular formula is C22H20F9N3O2. The Morgan fingerprint density at radius 3 is 2.00 bits per heavy atom. The van der Waals surface area contributed by atoms with E-state index >= 15 is 0 Å². The number of ether oxygens (including phenoxy) is 1. The number of carbonyl (C=O) groups excluding carboxylic acids is 1. The Balaban J connectivity index is 0.000000352. The van der Waals surface area contributed by atoms with Crippen LogP contribution in [0, 0.1) is 12.8 Å². The van der Waals surface area contributed by atoms with E-state index in [-0.39, 0.29) is 29.8 Å². The first-order valence-electron chi connectivity index (χ1n) is 10.3. The number of nitrogens with zero attached hydrogens (tertiary/aromatic N) is 3. The summed E-state index contributed by atoms with van der Waals surface area (Å²) in [5.41, 5.74) is -0.586. The lowest BCUT2D eigenvalue weighted by molar-refractivity contribution is -0.274. The van der Waals surface area contributed by atoms with Gasteiger partial charge in [0.25, 0.3) is 0 Å². The Labute approximate surface area is 198 Å². The number of benzene rings is 1. The lowest BCUT2D eigenvalue weighted by Gasteiger charge is -2.13. The van der Waals surface area contributed by atoms with Crippen LogP contribution in [-0.2, 0) is 11.0 Å². The SMILES string of the molecule is CCC(=O)C[C@@H](C)C(F)(F)F.Cc1nc2ccc(C(F)(F)F)nc2n1-c1ccc(OC(F)(F)F)cc1. The summed E-state index contributed by atoms with van der Waals surface area (Å²) in [6.45, 7) is 4.13. The van der Waals surface area contributed by atoms with Crippen molar-refractivity contribution in [3.63, 3.8) is 0 Å². The Morgan fingerprint density at radius 1 is 0.944 bits per heavy atom. The molecule has 0 fully saturated rings. The molecule has 1 aromatic carbocycles. The molecule has 36 heavy (non-hydrogen) atoms. The topological polar surface area (TPSA) is 57.0 Å². The second-order valence-electron chi connectivity index (χ2n) is 7.61. The molecule has 2 aromatic heterocycles. The minimum atomic E-state index is -4.83. The monoisotopic (exact) mass is 529 g/mol. The predicted octanol–water partition coefficient (Wildman–Crippen LogP) is 7.20. The van der Waals surface area contributed by atoms with Crippen molar-refractivity contribution in [2.75, 3.05) is 0 Å². The first-order valence-corrected chi connectivity index (χ1v) is 10.3. The summed E-state index contributed by atoms with van der Waals surface area (Å²) in [6, 6.07) is 6.67. The van der Waals surface area contributed by atoms with Crippen LogP contribution in [0.25, 0.3) is 16.9 Å². The highest BCUT2D eigenvalue weighted by atomic mass is 19.4. The number of ketones is 1. The molecule has 1 atom stereocenters. The normalized spacial score (nSPS) is 13.2. The zero-order valence-corrected chi connectivity index (χ0v) is 19.0. The van der Waals surface area contributed by atoms with Crippen molar-refractivity contribution >= 4 is 16.9 Å². The van der Waals surface area contributed by atoms with Crippen molar-refractivity contribution in [1.82, 2.24) is 14.5 Å². The van der Waals surface area contributed by atoms with Crippen molar-refractivity contribution in [2.24, 2.45) is 5.92 Å². The van der Waals surface area contributed by atoms with Crippen LogP contribution in [0.15, 0.2) is 36.4 Å². The van der Waals surface area contributed by atoms with Gasteiger partial charge in [0, 0.05) is 18.5 Å². The third-order valence-electron chi connectivity index (χ3n) is 4.78. The molecular weight excluding hydrogens is 509 g/mol. The summed E-state index contributed by atoms with van der Waals surface area (Å²) in [4.78, 5) is 18.3. The zero-order valence-electron chi connectivity index (χ0n) is 19.0. The molecule has 0 aliphatic carbocycles. The molecule has 0 aliphatic heterocycles. The quantitative estimate of drug-likeness (QED) is 0.328. The fourth-order valence-corrected chi connectivity index (χ4v) is 2.94. The summed E-state index contributed by atoms with van der Waals surface area (Å²) in [5.74, 6) is -1.95. The third kappa shape index (κ3) is 7.85. The van der Waals surface area contributed by atoms with Crippen molar-refractivity contribution in [3.8, 4) is 11.4 Å². The van der Waals surface area contributed by atoms with Crippen LogP contribution in [0.1, 0.15) is 38.2 Å². The van der Waals surface area contributed by atoms with Crippen LogP contribution >= 0.6 is 0 Å². The van der Waals surface area contributed by atoms with Gasteiger partial charge in [0.1, 0.15) is 28.6 Å². The fourth-order valence-electron chi connectivity index (χ4n) is 2.94. The molecule has 3 aromatic rings. The number of rotatable bonds is 5. The highest BCUT2D eigenvalue weighted by Gasteiger charge is 2.36. The van der Waals surface area contributed by atoms with Gasteiger partial charge in [-0.05, 0) is 43.3 Å². The lowest BCUT2D eigenvalue weighted by atomic mass is 10.0. The number of imidazole rings is 1. The second-order valence-corrected chi connectivity index (χ2v) is 7.61. The summed E-state index contributed by atoms with van der Waals surface area (Å²) in [7, 11) is 0. The molecule has 198 valence electrons. The molecule has 5 nitrogen and oxygen atoms in total. The first-order chi connectivity index (χ1) is 16.4. The van der Waals surface area contributed by atoms with Gasteiger partial charge in [-0.1, -0.05) is 13.8 Å². The van der Waals surface area contributed by atoms with Gasteiger partial charge in [0.05, 0.1) is 5.92 Å². The van der Waals surface area contributed by atoms with E-state index in [1.807, 2.05) is 0 Å². The van der Waals surface area contributed by atoms with Crippen molar-refractivity contribution in [2.45, 2.75) is 52.3 Å². The smallest absolute Gasteiger partial charge is 0.406 e. The van der Waals surface area contributed by atoms with Crippen LogP contribution in [0.4, 0.5) is 39.5 Å². The van der Waals surface area contributed by atoms with E-state index < -0.39 is 36.1 Å².